The van der Waals surface area contributed by atoms with Crippen LogP contribution in [0.1, 0.15) is 19.8 Å². The Bertz CT molecular complexity index is 210. The first-order valence-electron chi connectivity index (χ1n) is 4.36. The molecule has 3 unspecified atom stereocenters. The first kappa shape index (κ1) is 10.7. The number of aliphatic carboxylic acids is 1. The SMILES string of the molecule is CCC(C(=O)O)S(=O)C1CCOC1. The molecule has 5 heteroatoms. The van der Waals surface area contributed by atoms with Gasteiger partial charge in [0.05, 0.1) is 11.9 Å². The Morgan fingerprint density at radius 3 is 2.85 bits per heavy atom. The van der Waals surface area contributed by atoms with Gasteiger partial charge >= 0.3 is 5.97 Å². The van der Waals surface area contributed by atoms with Crippen LogP contribution >= 0.6 is 0 Å². The fourth-order valence-electron chi connectivity index (χ4n) is 1.37. The molecule has 1 aliphatic heterocycles. The van der Waals surface area contributed by atoms with Gasteiger partial charge in [0.1, 0.15) is 5.25 Å². The normalized spacial score (nSPS) is 27.0. The van der Waals surface area contributed by atoms with Crippen molar-refractivity contribution >= 4 is 16.8 Å². The fraction of sp³-hybridized carbons (Fsp3) is 0.875. The predicted molar refractivity (Wildman–Crippen MR) is 49.1 cm³/mol. The Hall–Kier alpha value is -0.420. The lowest BCUT2D eigenvalue weighted by molar-refractivity contribution is -0.136. The van der Waals surface area contributed by atoms with Crippen molar-refractivity contribution in [2.75, 3.05) is 13.2 Å². The molecule has 13 heavy (non-hydrogen) atoms. The summed E-state index contributed by atoms with van der Waals surface area (Å²) in [7, 11) is -1.29. The van der Waals surface area contributed by atoms with E-state index in [0.717, 1.165) is 6.42 Å². The van der Waals surface area contributed by atoms with Crippen LogP contribution < -0.4 is 0 Å². The van der Waals surface area contributed by atoms with E-state index < -0.39 is 22.0 Å². The van der Waals surface area contributed by atoms with Crippen molar-refractivity contribution in [3.8, 4) is 0 Å². The van der Waals surface area contributed by atoms with E-state index >= 15 is 0 Å². The lowest BCUT2D eigenvalue weighted by atomic mass is 10.3. The maximum atomic E-state index is 11.7. The number of carboxylic acids is 1. The highest BCUT2D eigenvalue weighted by molar-refractivity contribution is 7.87. The van der Waals surface area contributed by atoms with E-state index in [-0.39, 0.29) is 5.25 Å². The van der Waals surface area contributed by atoms with Crippen LogP contribution in [-0.4, -0.2) is 39.0 Å². The third kappa shape index (κ3) is 2.51. The molecule has 4 nitrogen and oxygen atoms in total. The zero-order chi connectivity index (χ0) is 9.84. The van der Waals surface area contributed by atoms with Gasteiger partial charge in [-0.3, -0.25) is 9.00 Å². The van der Waals surface area contributed by atoms with Crippen molar-refractivity contribution in [1.29, 1.82) is 0 Å². The van der Waals surface area contributed by atoms with E-state index in [0.29, 0.717) is 19.6 Å². The van der Waals surface area contributed by atoms with Crippen LogP contribution in [0.3, 0.4) is 0 Å². The van der Waals surface area contributed by atoms with Crippen molar-refractivity contribution in [1.82, 2.24) is 0 Å². The number of rotatable bonds is 4. The minimum absolute atomic E-state index is 0.0824. The van der Waals surface area contributed by atoms with E-state index in [9.17, 15) is 9.00 Å². The quantitative estimate of drug-likeness (QED) is 0.722. The fourth-order valence-corrected chi connectivity index (χ4v) is 2.92. The second kappa shape index (κ2) is 4.72. The van der Waals surface area contributed by atoms with Crippen LogP contribution in [0, 0.1) is 0 Å². The van der Waals surface area contributed by atoms with Crippen molar-refractivity contribution in [3.63, 3.8) is 0 Å². The molecule has 1 N–H and O–H groups in total. The molecule has 1 fully saturated rings. The van der Waals surface area contributed by atoms with Crippen LogP contribution in [0.5, 0.6) is 0 Å². The number of carbonyl (C=O) groups is 1. The number of carboxylic acid groups (broad SMARTS) is 1. The summed E-state index contributed by atoms with van der Waals surface area (Å²) in [4.78, 5) is 10.7. The molecular formula is C8H14O4S. The molecule has 0 aromatic carbocycles. The second-order valence-electron chi connectivity index (χ2n) is 3.05. The molecule has 76 valence electrons. The summed E-state index contributed by atoms with van der Waals surface area (Å²) in [6, 6.07) is 0. The second-order valence-corrected chi connectivity index (χ2v) is 4.94. The van der Waals surface area contributed by atoms with Gasteiger partial charge in [-0.2, -0.15) is 0 Å². The number of ether oxygens (including phenoxy) is 1. The highest BCUT2D eigenvalue weighted by Gasteiger charge is 2.31. The summed E-state index contributed by atoms with van der Waals surface area (Å²) in [6.07, 6.45) is 1.13. The van der Waals surface area contributed by atoms with Gasteiger partial charge in [0.25, 0.3) is 0 Å². The molecule has 0 aromatic heterocycles. The topological polar surface area (TPSA) is 63.6 Å². The minimum atomic E-state index is -1.29. The Balaban J connectivity index is 2.57. The highest BCUT2D eigenvalue weighted by Crippen LogP contribution is 2.16. The molecule has 0 bridgehead atoms. The van der Waals surface area contributed by atoms with Crippen LogP contribution in [0.15, 0.2) is 0 Å². The summed E-state index contributed by atoms with van der Waals surface area (Å²) >= 11 is 0. The third-order valence-corrected chi connectivity index (χ3v) is 4.27. The third-order valence-electron chi connectivity index (χ3n) is 2.14. The van der Waals surface area contributed by atoms with Gasteiger partial charge in [-0.05, 0) is 12.8 Å². The van der Waals surface area contributed by atoms with Gasteiger partial charge in [0.15, 0.2) is 0 Å². The summed E-state index contributed by atoms with van der Waals surface area (Å²) in [5.74, 6) is -0.965. The molecule has 3 atom stereocenters. The van der Waals surface area contributed by atoms with Gasteiger partial charge in [0.2, 0.25) is 0 Å². The molecule has 0 saturated carbocycles. The van der Waals surface area contributed by atoms with Crippen LogP contribution in [0.25, 0.3) is 0 Å². The van der Waals surface area contributed by atoms with E-state index in [1.54, 1.807) is 6.92 Å². The summed E-state index contributed by atoms with van der Waals surface area (Å²) in [6.45, 7) is 2.79. The van der Waals surface area contributed by atoms with Gasteiger partial charge in [-0.15, -0.1) is 0 Å². The van der Waals surface area contributed by atoms with Gasteiger partial charge in [-0.1, -0.05) is 6.92 Å². The van der Waals surface area contributed by atoms with Crippen molar-refractivity contribution in [2.45, 2.75) is 30.3 Å². The molecule has 1 saturated heterocycles. The minimum Gasteiger partial charge on any atom is -0.480 e. The van der Waals surface area contributed by atoms with Crippen LogP contribution in [0.2, 0.25) is 0 Å². The Morgan fingerprint density at radius 2 is 2.46 bits per heavy atom. The largest absolute Gasteiger partial charge is 0.480 e. The molecule has 0 amide bonds. The monoisotopic (exact) mass is 206 g/mol. The standard InChI is InChI=1S/C8H14O4S/c1-2-7(8(9)10)13(11)6-3-4-12-5-6/h6-7H,2-5H2,1H3,(H,9,10). The Kier molecular flexibility index (Phi) is 3.87. The first-order chi connectivity index (χ1) is 6.16. The molecular weight excluding hydrogens is 192 g/mol. The highest BCUT2D eigenvalue weighted by atomic mass is 32.2. The lowest BCUT2D eigenvalue weighted by Gasteiger charge is -2.13. The lowest BCUT2D eigenvalue weighted by Crippen LogP contribution is -2.32. The van der Waals surface area contributed by atoms with E-state index in [1.807, 2.05) is 0 Å². The maximum Gasteiger partial charge on any atom is 0.319 e. The molecule has 0 radical (unpaired) electrons. The molecule has 0 aliphatic carbocycles. The average Bonchev–Trinajstić information content (AvgIpc) is 2.56. The maximum absolute atomic E-state index is 11.7. The smallest absolute Gasteiger partial charge is 0.319 e. The summed E-state index contributed by atoms with van der Waals surface area (Å²) < 4.78 is 16.7. The van der Waals surface area contributed by atoms with Crippen molar-refractivity contribution < 1.29 is 18.8 Å². The van der Waals surface area contributed by atoms with E-state index in [2.05, 4.69) is 0 Å². The Labute approximate surface area is 79.7 Å². The predicted octanol–water partition coefficient (Wildman–Crippen LogP) is 0.387. The van der Waals surface area contributed by atoms with Crippen LogP contribution in [0.4, 0.5) is 0 Å². The Morgan fingerprint density at radius 1 is 1.77 bits per heavy atom. The van der Waals surface area contributed by atoms with Crippen molar-refractivity contribution in [2.24, 2.45) is 0 Å². The zero-order valence-electron chi connectivity index (χ0n) is 7.56. The summed E-state index contributed by atoms with van der Waals surface area (Å²) in [5.41, 5.74) is 0. The molecule has 1 heterocycles. The zero-order valence-corrected chi connectivity index (χ0v) is 8.38. The molecule has 1 rings (SSSR count). The van der Waals surface area contributed by atoms with E-state index in [4.69, 9.17) is 9.84 Å². The van der Waals surface area contributed by atoms with E-state index in [1.165, 1.54) is 0 Å². The molecule has 0 spiro atoms. The van der Waals surface area contributed by atoms with Crippen LogP contribution in [-0.2, 0) is 20.3 Å². The summed E-state index contributed by atoms with van der Waals surface area (Å²) in [5, 5.41) is 7.96. The van der Waals surface area contributed by atoms with Crippen molar-refractivity contribution in [3.05, 3.63) is 0 Å². The molecule has 1 aliphatic rings. The number of hydrogen-bond donors (Lipinski definition) is 1. The molecule has 0 aromatic rings. The van der Waals surface area contributed by atoms with Gasteiger partial charge in [-0.25, -0.2) is 0 Å². The van der Waals surface area contributed by atoms with Gasteiger partial charge < -0.3 is 9.84 Å². The first-order valence-corrected chi connectivity index (χ1v) is 5.64. The van der Waals surface area contributed by atoms with Gasteiger partial charge in [0, 0.05) is 17.4 Å². The number of hydrogen-bond acceptors (Lipinski definition) is 3. The average molecular weight is 206 g/mol.